The summed E-state index contributed by atoms with van der Waals surface area (Å²) in [4.78, 5) is 11.8. The van der Waals surface area contributed by atoms with E-state index in [1.54, 1.807) is 12.1 Å². The van der Waals surface area contributed by atoms with Gasteiger partial charge < -0.3 is 15.2 Å². The van der Waals surface area contributed by atoms with Gasteiger partial charge in [-0.3, -0.25) is 4.79 Å². The van der Waals surface area contributed by atoms with Crippen LogP contribution in [0.5, 0.6) is 11.5 Å². The second-order valence-corrected chi connectivity index (χ2v) is 3.56. The molecule has 16 heavy (non-hydrogen) atoms. The molecule has 0 radical (unpaired) electrons. The molecule has 1 aromatic rings. The summed E-state index contributed by atoms with van der Waals surface area (Å²) in [5.41, 5.74) is 5.69. The Balaban J connectivity index is 3.21. The largest absolute Gasteiger partial charge is 0.497 e. The number of halogens is 1. The standard InChI is InChI=1S/C11H14ClNO3/c1-15-7-5-8(12)11(9(14)3-4-13)10(6-7)16-2/h5-6H,3-4,13H2,1-2H3. The van der Waals surface area contributed by atoms with Crippen LogP contribution >= 0.6 is 11.6 Å². The second kappa shape index (κ2) is 5.72. The Morgan fingerprint density at radius 2 is 2.06 bits per heavy atom. The Labute approximate surface area is 99.3 Å². The van der Waals surface area contributed by atoms with E-state index in [2.05, 4.69) is 0 Å². The summed E-state index contributed by atoms with van der Waals surface area (Å²) >= 11 is 6.00. The van der Waals surface area contributed by atoms with E-state index in [1.165, 1.54) is 14.2 Å². The van der Waals surface area contributed by atoms with E-state index in [1.807, 2.05) is 0 Å². The maximum atomic E-state index is 11.8. The van der Waals surface area contributed by atoms with Crippen molar-refractivity contribution in [2.24, 2.45) is 5.73 Å². The lowest BCUT2D eigenvalue weighted by Crippen LogP contribution is -2.10. The Morgan fingerprint density at radius 3 is 2.56 bits per heavy atom. The van der Waals surface area contributed by atoms with Crippen molar-refractivity contribution in [3.8, 4) is 11.5 Å². The van der Waals surface area contributed by atoms with Crippen molar-refractivity contribution in [1.29, 1.82) is 0 Å². The number of ketones is 1. The highest BCUT2D eigenvalue weighted by atomic mass is 35.5. The number of benzene rings is 1. The summed E-state index contributed by atoms with van der Waals surface area (Å²) in [6.45, 7) is 0.282. The maximum Gasteiger partial charge on any atom is 0.169 e. The zero-order chi connectivity index (χ0) is 12.1. The fourth-order valence-corrected chi connectivity index (χ4v) is 1.67. The SMILES string of the molecule is COc1cc(Cl)c(C(=O)CCN)c(OC)c1. The maximum absolute atomic E-state index is 11.8. The molecular weight excluding hydrogens is 230 g/mol. The van der Waals surface area contributed by atoms with Crippen LogP contribution in [0.4, 0.5) is 0 Å². The second-order valence-electron chi connectivity index (χ2n) is 3.15. The fraction of sp³-hybridized carbons (Fsp3) is 0.364. The van der Waals surface area contributed by atoms with Gasteiger partial charge in [0.05, 0.1) is 24.8 Å². The smallest absolute Gasteiger partial charge is 0.169 e. The third-order valence-electron chi connectivity index (χ3n) is 2.13. The zero-order valence-electron chi connectivity index (χ0n) is 9.25. The first kappa shape index (κ1) is 12.8. The van der Waals surface area contributed by atoms with Crippen molar-refractivity contribution in [2.75, 3.05) is 20.8 Å². The number of carbonyl (C=O) groups is 1. The van der Waals surface area contributed by atoms with Gasteiger partial charge in [-0.1, -0.05) is 11.6 Å². The van der Waals surface area contributed by atoms with E-state index < -0.39 is 0 Å². The van der Waals surface area contributed by atoms with Crippen molar-refractivity contribution in [1.82, 2.24) is 0 Å². The Hall–Kier alpha value is -1.26. The van der Waals surface area contributed by atoms with E-state index in [0.29, 0.717) is 22.1 Å². The normalized spacial score (nSPS) is 10.0. The first-order valence-corrected chi connectivity index (χ1v) is 5.16. The molecule has 0 amide bonds. The summed E-state index contributed by atoms with van der Waals surface area (Å²) < 4.78 is 10.1. The van der Waals surface area contributed by atoms with Crippen LogP contribution in [0.15, 0.2) is 12.1 Å². The Kier molecular flexibility index (Phi) is 4.58. The van der Waals surface area contributed by atoms with E-state index in [4.69, 9.17) is 26.8 Å². The molecule has 0 bridgehead atoms. The number of nitrogens with two attached hydrogens (primary N) is 1. The van der Waals surface area contributed by atoms with E-state index in [9.17, 15) is 4.79 Å². The number of carbonyl (C=O) groups excluding carboxylic acids is 1. The molecule has 0 saturated heterocycles. The minimum atomic E-state index is -0.132. The van der Waals surface area contributed by atoms with Gasteiger partial charge in [0.1, 0.15) is 11.5 Å². The predicted molar refractivity (Wildman–Crippen MR) is 62.6 cm³/mol. The summed E-state index contributed by atoms with van der Waals surface area (Å²) in [5, 5.41) is 0.314. The quantitative estimate of drug-likeness (QED) is 0.803. The van der Waals surface area contributed by atoms with Crippen LogP contribution in [0.25, 0.3) is 0 Å². The minimum Gasteiger partial charge on any atom is -0.497 e. The lowest BCUT2D eigenvalue weighted by molar-refractivity contribution is 0.0982. The lowest BCUT2D eigenvalue weighted by atomic mass is 10.1. The molecule has 0 aliphatic rings. The van der Waals surface area contributed by atoms with Gasteiger partial charge in [-0.15, -0.1) is 0 Å². The molecule has 1 rings (SSSR count). The summed E-state index contributed by atoms with van der Waals surface area (Å²) in [5.74, 6) is 0.820. The van der Waals surface area contributed by atoms with Crippen LogP contribution in [-0.2, 0) is 0 Å². The Morgan fingerprint density at radius 1 is 1.38 bits per heavy atom. The molecule has 1 aromatic carbocycles. The van der Waals surface area contributed by atoms with Crippen LogP contribution in [0.1, 0.15) is 16.8 Å². The third kappa shape index (κ3) is 2.65. The van der Waals surface area contributed by atoms with Gasteiger partial charge in [-0.25, -0.2) is 0 Å². The van der Waals surface area contributed by atoms with Gasteiger partial charge in [-0.2, -0.15) is 0 Å². The zero-order valence-corrected chi connectivity index (χ0v) is 10.0. The monoisotopic (exact) mass is 243 g/mol. The van der Waals surface area contributed by atoms with Crippen LogP contribution < -0.4 is 15.2 Å². The highest BCUT2D eigenvalue weighted by Crippen LogP contribution is 2.32. The number of hydrogen-bond acceptors (Lipinski definition) is 4. The molecule has 0 aliphatic carbocycles. The summed E-state index contributed by atoms with van der Waals surface area (Å²) in [6.07, 6.45) is 0.239. The number of rotatable bonds is 5. The van der Waals surface area contributed by atoms with Gasteiger partial charge in [0.2, 0.25) is 0 Å². The van der Waals surface area contributed by atoms with Gasteiger partial charge >= 0.3 is 0 Å². The number of hydrogen-bond donors (Lipinski definition) is 1. The van der Waals surface area contributed by atoms with Crippen molar-refractivity contribution in [3.05, 3.63) is 22.7 Å². The molecule has 5 heteroatoms. The molecule has 0 heterocycles. The van der Waals surface area contributed by atoms with Crippen LogP contribution in [0, 0.1) is 0 Å². The van der Waals surface area contributed by atoms with Gasteiger partial charge in [0.25, 0.3) is 0 Å². The molecule has 2 N–H and O–H groups in total. The molecule has 0 saturated carbocycles. The molecule has 0 spiro atoms. The number of Topliss-reactive ketones (excluding diaryl/α,β-unsaturated/α-hetero) is 1. The number of methoxy groups -OCH3 is 2. The van der Waals surface area contributed by atoms with Crippen LogP contribution in [0.2, 0.25) is 5.02 Å². The molecule has 4 nitrogen and oxygen atoms in total. The molecule has 0 aromatic heterocycles. The van der Waals surface area contributed by atoms with Crippen molar-refractivity contribution < 1.29 is 14.3 Å². The fourth-order valence-electron chi connectivity index (χ4n) is 1.36. The van der Waals surface area contributed by atoms with Crippen molar-refractivity contribution in [3.63, 3.8) is 0 Å². The molecule has 88 valence electrons. The molecular formula is C11H14ClNO3. The topological polar surface area (TPSA) is 61.5 Å². The average molecular weight is 244 g/mol. The van der Waals surface area contributed by atoms with Crippen molar-refractivity contribution >= 4 is 17.4 Å². The number of ether oxygens (including phenoxy) is 2. The third-order valence-corrected chi connectivity index (χ3v) is 2.43. The van der Waals surface area contributed by atoms with E-state index in [-0.39, 0.29) is 18.7 Å². The van der Waals surface area contributed by atoms with E-state index >= 15 is 0 Å². The lowest BCUT2D eigenvalue weighted by Gasteiger charge is -2.11. The summed E-state index contributed by atoms with van der Waals surface area (Å²) in [7, 11) is 3.00. The van der Waals surface area contributed by atoms with Gasteiger partial charge in [0, 0.05) is 12.5 Å². The highest BCUT2D eigenvalue weighted by molar-refractivity contribution is 6.34. The van der Waals surface area contributed by atoms with Crippen LogP contribution in [0.3, 0.4) is 0 Å². The minimum absolute atomic E-state index is 0.132. The van der Waals surface area contributed by atoms with Crippen molar-refractivity contribution in [2.45, 2.75) is 6.42 Å². The van der Waals surface area contributed by atoms with Gasteiger partial charge in [0.15, 0.2) is 5.78 Å². The molecule has 0 aliphatic heterocycles. The Bertz CT molecular complexity index is 393. The first-order chi connectivity index (χ1) is 7.63. The molecule has 0 atom stereocenters. The molecule has 0 fully saturated rings. The molecule has 0 unspecified atom stereocenters. The highest BCUT2D eigenvalue weighted by Gasteiger charge is 2.17. The van der Waals surface area contributed by atoms with Gasteiger partial charge in [-0.05, 0) is 12.6 Å². The summed E-state index contributed by atoms with van der Waals surface area (Å²) in [6, 6.07) is 3.20. The van der Waals surface area contributed by atoms with E-state index in [0.717, 1.165) is 0 Å². The predicted octanol–water partition coefficient (Wildman–Crippen LogP) is 1.89. The average Bonchev–Trinajstić information content (AvgIpc) is 2.27. The van der Waals surface area contributed by atoms with Crippen LogP contribution in [-0.4, -0.2) is 26.5 Å². The first-order valence-electron chi connectivity index (χ1n) is 4.78.